The lowest BCUT2D eigenvalue weighted by molar-refractivity contribution is 0.0405. The molecule has 1 N–H and O–H groups in total. The predicted molar refractivity (Wildman–Crippen MR) is 72.0 cm³/mol. The Bertz CT molecular complexity index is 353. The van der Waals surface area contributed by atoms with Gasteiger partial charge in [-0.25, -0.2) is 0 Å². The maximum absolute atomic E-state index is 5.56. The zero-order chi connectivity index (χ0) is 12.1. The summed E-state index contributed by atoms with van der Waals surface area (Å²) in [6.45, 7) is 1.80. The van der Waals surface area contributed by atoms with Crippen molar-refractivity contribution in [3.05, 3.63) is 28.5 Å². The van der Waals surface area contributed by atoms with Crippen molar-refractivity contribution < 1.29 is 4.74 Å². The number of hydrogen-bond donors (Lipinski definition) is 1. The first-order valence-corrected chi connectivity index (χ1v) is 6.93. The molecular formula is C13H19BrN2O. The number of nitrogens with one attached hydrogen (secondary N) is 1. The fraction of sp³-hybridized carbons (Fsp3) is 0.615. The van der Waals surface area contributed by atoms with Gasteiger partial charge < -0.3 is 10.1 Å². The van der Waals surface area contributed by atoms with Gasteiger partial charge in [0.05, 0.1) is 6.61 Å². The number of rotatable bonds is 4. The first-order chi connectivity index (χ1) is 8.29. The third-order valence-corrected chi connectivity index (χ3v) is 3.79. The molecule has 2 rings (SSSR count). The summed E-state index contributed by atoms with van der Waals surface area (Å²) in [5, 5.41) is 3.42. The monoisotopic (exact) mass is 298 g/mol. The maximum Gasteiger partial charge on any atom is 0.0509 e. The van der Waals surface area contributed by atoms with Crippen molar-refractivity contribution in [1.82, 2.24) is 10.3 Å². The SMILES string of the molecule is CNC(Cc1cncc(Br)c1)C1CCCOC1. The van der Waals surface area contributed by atoms with E-state index in [1.165, 1.54) is 18.4 Å². The summed E-state index contributed by atoms with van der Waals surface area (Å²) in [5.41, 5.74) is 1.27. The number of nitrogens with zero attached hydrogens (tertiary/aromatic N) is 1. The van der Waals surface area contributed by atoms with E-state index in [2.05, 4.69) is 32.3 Å². The molecule has 4 heteroatoms. The second kappa shape index (κ2) is 6.47. The van der Waals surface area contributed by atoms with Gasteiger partial charge in [-0.1, -0.05) is 0 Å². The van der Waals surface area contributed by atoms with Crippen molar-refractivity contribution in [1.29, 1.82) is 0 Å². The van der Waals surface area contributed by atoms with Crippen LogP contribution in [0.1, 0.15) is 18.4 Å². The van der Waals surface area contributed by atoms with Gasteiger partial charge in [-0.05, 0) is 59.8 Å². The molecule has 0 bridgehead atoms. The van der Waals surface area contributed by atoms with Crippen molar-refractivity contribution >= 4 is 15.9 Å². The number of aromatic nitrogens is 1. The van der Waals surface area contributed by atoms with Gasteiger partial charge in [0.15, 0.2) is 0 Å². The number of halogens is 1. The fourth-order valence-electron chi connectivity index (χ4n) is 2.41. The van der Waals surface area contributed by atoms with E-state index in [-0.39, 0.29) is 0 Å². The lowest BCUT2D eigenvalue weighted by Crippen LogP contribution is -2.39. The molecule has 1 aliphatic heterocycles. The zero-order valence-electron chi connectivity index (χ0n) is 10.2. The number of pyridine rings is 1. The lowest BCUT2D eigenvalue weighted by Gasteiger charge is -2.30. The van der Waals surface area contributed by atoms with Crippen molar-refractivity contribution in [3.8, 4) is 0 Å². The highest BCUT2D eigenvalue weighted by Crippen LogP contribution is 2.21. The van der Waals surface area contributed by atoms with Crippen LogP contribution < -0.4 is 5.32 Å². The normalized spacial score (nSPS) is 22.4. The van der Waals surface area contributed by atoms with E-state index in [9.17, 15) is 0 Å². The van der Waals surface area contributed by atoms with Crippen molar-refractivity contribution in [2.75, 3.05) is 20.3 Å². The lowest BCUT2D eigenvalue weighted by atomic mass is 9.90. The summed E-state index contributed by atoms with van der Waals surface area (Å²) in [6, 6.07) is 2.62. The summed E-state index contributed by atoms with van der Waals surface area (Å²) in [4.78, 5) is 4.21. The average Bonchev–Trinajstić information content (AvgIpc) is 2.37. The number of hydrogen-bond acceptors (Lipinski definition) is 3. The maximum atomic E-state index is 5.56. The van der Waals surface area contributed by atoms with Gasteiger partial charge in [0, 0.05) is 29.5 Å². The molecule has 0 amide bonds. The molecule has 1 saturated heterocycles. The molecule has 1 aromatic rings. The molecule has 17 heavy (non-hydrogen) atoms. The molecule has 0 spiro atoms. The highest BCUT2D eigenvalue weighted by molar-refractivity contribution is 9.10. The minimum Gasteiger partial charge on any atom is -0.381 e. The Labute approximate surface area is 111 Å². The van der Waals surface area contributed by atoms with Crippen LogP contribution in [0.4, 0.5) is 0 Å². The van der Waals surface area contributed by atoms with Gasteiger partial charge >= 0.3 is 0 Å². The van der Waals surface area contributed by atoms with E-state index in [0.717, 1.165) is 24.1 Å². The van der Waals surface area contributed by atoms with Crippen LogP contribution >= 0.6 is 15.9 Å². The molecular weight excluding hydrogens is 280 g/mol. The number of ether oxygens (including phenoxy) is 1. The molecule has 1 aliphatic rings. The van der Waals surface area contributed by atoms with E-state index in [4.69, 9.17) is 4.74 Å². The Morgan fingerprint density at radius 1 is 1.59 bits per heavy atom. The first kappa shape index (κ1) is 13.0. The second-order valence-electron chi connectivity index (χ2n) is 4.59. The molecule has 3 nitrogen and oxygen atoms in total. The van der Waals surface area contributed by atoms with E-state index >= 15 is 0 Å². The van der Waals surface area contributed by atoms with Crippen LogP contribution in [0.25, 0.3) is 0 Å². The topological polar surface area (TPSA) is 34.2 Å². The van der Waals surface area contributed by atoms with Crippen LogP contribution in [0.15, 0.2) is 22.9 Å². The standard InChI is InChI=1S/C13H19BrN2O/c1-15-13(11-3-2-4-17-9-11)6-10-5-12(14)8-16-7-10/h5,7-8,11,13,15H,2-4,6,9H2,1H3. The van der Waals surface area contributed by atoms with E-state index < -0.39 is 0 Å². The molecule has 0 aliphatic carbocycles. The van der Waals surface area contributed by atoms with Gasteiger partial charge in [0.1, 0.15) is 0 Å². The van der Waals surface area contributed by atoms with Crippen LogP contribution in [0.3, 0.4) is 0 Å². The highest BCUT2D eigenvalue weighted by atomic mass is 79.9. The Morgan fingerprint density at radius 3 is 3.12 bits per heavy atom. The minimum atomic E-state index is 0.478. The van der Waals surface area contributed by atoms with Gasteiger partial charge in [-0.15, -0.1) is 0 Å². The van der Waals surface area contributed by atoms with Crippen LogP contribution in [0, 0.1) is 5.92 Å². The summed E-state index contributed by atoms with van der Waals surface area (Å²) >= 11 is 3.46. The van der Waals surface area contributed by atoms with Crippen molar-refractivity contribution in [2.45, 2.75) is 25.3 Å². The molecule has 2 unspecified atom stereocenters. The Balaban J connectivity index is 1.98. The van der Waals surface area contributed by atoms with Crippen LogP contribution in [0.2, 0.25) is 0 Å². The minimum absolute atomic E-state index is 0.478. The summed E-state index contributed by atoms with van der Waals surface area (Å²) < 4.78 is 6.61. The van der Waals surface area contributed by atoms with Crippen LogP contribution in [-0.4, -0.2) is 31.3 Å². The Morgan fingerprint density at radius 2 is 2.47 bits per heavy atom. The molecule has 2 atom stereocenters. The summed E-state index contributed by atoms with van der Waals surface area (Å²) in [5.74, 6) is 0.618. The molecule has 0 radical (unpaired) electrons. The molecule has 1 fully saturated rings. The smallest absolute Gasteiger partial charge is 0.0509 e. The molecule has 0 saturated carbocycles. The van der Waals surface area contributed by atoms with Crippen LogP contribution in [-0.2, 0) is 11.2 Å². The molecule has 94 valence electrons. The van der Waals surface area contributed by atoms with Gasteiger partial charge in [0.25, 0.3) is 0 Å². The first-order valence-electron chi connectivity index (χ1n) is 6.14. The average molecular weight is 299 g/mol. The largest absolute Gasteiger partial charge is 0.381 e. The fourth-order valence-corrected chi connectivity index (χ4v) is 2.82. The Hall–Kier alpha value is -0.450. The zero-order valence-corrected chi connectivity index (χ0v) is 11.7. The van der Waals surface area contributed by atoms with Crippen molar-refractivity contribution in [3.63, 3.8) is 0 Å². The van der Waals surface area contributed by atoms with Gasteiger partial charge in [-0.2, -0.15) is 0 Å². The van der Waals surface area contributed by atoms with Gasteiger partial charge in [-0.3, -0.25) is 4.98 Å². The number of likely N-dealkylation sites (N-methyl/N-ethyl adjacent to an activating group) is 1. The van der Waals surface area contributed by atoms with E-state index in [1.807, 2.05) is 19.4 Å². The third kappa shape index (κ3) is 3.76. The van der Waals surface area contributed by atoms with E-state index in [1.54, 1.807) is 0 Å². The van der Waals surface area contributed by atoms with Gasteiger partial charge in [0.2, 0.25) is 0 Å². The quantitative estimate of drug-likeness (QED) is 0.927. The van der Waals surface area contributed by atoms with Crippen LogP contribution in [0.5, 0.6) is 0 Å². The summed E-state index contributed by atoms with van der Waals surface area (Å²) in [6.07, 6.45) is 7.21. The highest BCUT2D eigenvalue weighted by Gasteiger charge is 2.23. The Kier molecular flexibility index (Phi) is 4.95. The van der Waals surface area contributed by atoms with Crippen molar-refractivity contribution in [2.24, 2.45) is 5.92 Å². The summed E-state index contributed by atoms with van der Waals surface area (Å²) in [7, 11) is 2.03. The van der Waals surface area contributed by atoms with E-state index in [0.29, 0.717) is 12.0 Å². The second-order valence-corrected chi connectivity index (χ2v) is 5.50. The third-order valence-electron chi connectivity index (χ3n) is 3.35. The molecule has 1 aromatic heterocycles. The molecule has 2 heterocycles. The predicted octanol–water partition coefficient (Wildman–Crippen LogP) is 2.40. The molecule has 0 aromatic carbocycles.